The van der Waals surface area contributed by atoms with Gasteiger partial charge in [-0.05, 0) is 17.2 Å². The Morgan fingerprint density at radius 2 is 1.68 bits per heavy atom. The minimum atomic E-state index is -4.50. The van der Waals surface area contributed by atoms with Crippen molar-refractivity contribution in [1.82, 2.24) is 9.80 Å². The molecule has 1 saturated heterocycles. The summed E-state index contributed by atoms with van der Waals surface area (Å²) in [7, 11) is 0. The molecule has 1 fully saturated rings. The van der Waals surface area contributed by atoms with Crippen molar-refractivity contribution in [3.63, 3.8) is 0 Å². The maximum atomic E-state index is 13.3. The molecule has 31 heavy (non-hydrogen) atoms. The highest BCUT2D eigenvalue weighted by molar-refractivity contribution is 6.06. The average molecular weight is 430 g/mol. The molecule has 1 unspecified atom stereocenters. The molecule has 4 rings (SSSR count). The monoisotopic (exact) mass is 430 g/mol. The number of halogens is 3. The number of hydrogen-bond donors (Lipinski definition) is 0. The number of ketones is 1. The standard InChI is InChI=1S/C23H21F3N2O3/c24-23(25,26)19-8-4-1-5-15(19)14-28-12-11-27(10-9-21(28)30)22(31)18-13-20(29)17-7-3-2-6-16(17)18/h1-8,18H,9-14H2. The first-order valence-corrected chi connectivity index (χ1v) is 10.1. The van der Waals surface area contributed by atoms with Crippen LogP contribution in [0.5, 0.6) is 0 Å². The summed E-state index contributed by atoms with van der Waals surface area (Å²) >= 11 is 0. The van der Waals surface area contributed by atoms with Crippen LogP contribution in [-0.4, -0.2) is 47.0 Å². The van der Waals surface area contributed by atoms with Crippen LogP contribution < -0.4 is 0 Å². The van der Waals surface area contributed by atoms with Crippen LogP contribution in [0.3, 0.4) is 0 Å². The Hall–Kier alpha value is -3.16. The number of fused-ring (bicyclic) bond motifs is 1. The lowest BCUT2D eigenvalue weighted by Crippen LogP contribution is -2.38. The molecule has 1 atom stereocenters. The zero-order chi connectivity index (χ0) is 22.2. The smallest absolute Gasteiger partial charge is 0.340 e. The minimum absolute atomic E-state index is 0.0263. The number of benzene rings is 2. The van der Waals surface area contributed by atoms with Crippen molar-refractivity contribution in [2.75, 3.05) is 19.6 Å². The van der Waals surface area contributed by atoms with E-state index >= 15 is 0 Å². The largest absolute Gasteiger partial charge is 0.416 e. The second kappa shape index (κ2) is 8.17. The fourth-order valence-electron chi connectivity index (χ4n) is 4.30. The van der Waals surface area contributed by atoms with E-state index in [0.717, 1.165) is 6.07 Å². The van der Waals surface area contributed by atoms with Crippen molar-refractivity contribution in [3.8, 4) is 0 Å². The Labute approximate surface area is 177 Å². The van der Waals surface area contributed by atoms with Gasteiger partial charge in [-0.15, -0.1) is 0 Å². The SMILES string of the molecule is O=C1CC(C(=O)N2CCC(=O)N(Cc3ccccc3C(F)(F)F)CC2)c2ccccc21. The molecule has 2 amide bonds. The summed E-state index contributed by atoms with van der Waals surface area (Å²) in [5.74, 6) is -1.17. The normalized spacial score (nSPS) is 19.4. The molecule has 0 bridgehead atoms. The highest BCUT2D eigenvalue weighted by Crippen LogP contribution is 2.35. The molecule has 0 radical (unpaired) electrons. The van der Waals surface area contributed by atoms with E-state index < -0.39 is 17.7 Å². The zero-order valence-electron chi connectivity index (χ0n) is 16.7. The summed E-state index contributed by atoms with van der Waals surface area (Å²) in [6.45, 7) is 0.369. The first-order valence-electron chi connectivity index (χ1n) is 10.1. The van der Waals surface area contributed by atoms with Crippen molar-refractivity contribution in [2.45, 2.75) is 31.5 Å². The lowest BCUT2D eigenvalue weighted by molar-refractivity contribution is -0.139. The quantitative estimate of drug-likeness (QED) is 0.747. The Morgan fingerprint density at radius 3 is 2.45 bits per heavy atom. The number of Topliss-reactive ketones (excluding diaryl/α,β-unsaturated/α-hetero) is 1. The van der Waals surface area contributed by atoms with E-state index in [0.29, 0.717) is 11.1 Å². The van der Waals surface area contributed by atoms with Gasteiger partial charge in [-0.3, -0.25) is 14.4 Å². The maximum Gasteiger partial charge on any atom is 0.416 e. The third-order valence-corrected chi connectivity index (χ3v) is 5.91. The number of rotatable bonds is 3. The molecular formula is C23H21F3N2O3. The molecular weight excluding hydrogens is 409 g/mol. The molecule has 0 spiro atoms. The third-order valence-electron chi connectivity index (χ3n) is 5.91. The molecule has 2 aromatic rings. The van der Waals surface area contributed by atoms with Gasteiger partial charge in [0.2, 0.25) is 11.8 Å². The van der Waals surface area contributed by atoms with E-state index in [1.54, 1.807) is 29.2 Å². The van der Waals surface area contributed by atoms with E-state index in [-0.39, 0.29) is 62.2 Å². The van der Waals surface area contributed by atoms with Crippen molar-refractivity contribution in [3.05, 3.63) is 70.8 Å². The number of alkyl halides is 3. The van der Waals surface area contributed by atoms with Gasteiger partial charge in [-0.2, -0.15) is 13.2 Å². The summed E-state index contributed by atoms with van der Waals surface area (Å²) in [4.78, 5) is 40.8. The fourth-order valence-corrected chi connectivity index (χ4v) is 4.30. The zero-order valence-corrected chi connectivity index (χ0v) is 16.7. The van der Waals surface area contributed by atoms with Crippen molar-refractivity contribution in [2.24, 2.45) is 0 Å². The molecule has 2 aromatic carbocycles. The van der Waals surface area contributed by atoms with Crippen LogP contribution in [0.1, 0.15) is 45.8 Å². The van der Waals surface area contributed by atoms with Crippen LogP contribution >= 0.6 is 0 Å². The van der Waals surface area contributed by atoms with E-state index in [9.17, 15) is 27.6 Å². The Bertz CT molecular complexity index is 1030. The van der Waals surface area contributed by atoms with Crippen LogP contribution in [0.15, 0.2) is 48.5 Å². The number of hydrogen-bond acceptors (Lipinski definition) is 3. The van der Waals surface area contributed by atoms with Gasteiger partial charge in [-0.25, -0.2) is 0 Å². The second-order valence-corrected chi connectivity index (χ2v) is 7.81. The van der Waals surface area contributed by atoms with E-state index in [2.05, 4.69) is 0 Å². The topological polar surface area (TPSA) is 57.7 Å². The third kappa shape index (κ3) is 4.19. The minimum Gasteiger partial charge on any atom is -0.340 e. The van der Waals surface area contributed by atoms with Crippen LogP contribution in [0.25, 0.3) is 0 Å². The summed E-state index contributed by atoms with van der Waals surface area (Å²) < 4.78 is 39.9. The predicted molar refractivity (Wildman–Crippen MR) is 106 cm³/mol. The molecule has 1 heterocycles. The Kier molecular flexibility index (Phi) is 5.56. The summed E-state index contributed by atoms with van der Waals surface area (Å²) in [5.41, 5.74) is 0.515. The second-order valence-electron chi connectivity index (χ2n) is 7.81. The lowest BCUT2D eigenvalue weighted by Gasteiger charge is -2.25. The van der Waals surface area contributed by atoms with Gasteiger partial charge in [0.15, 0.2) is 5.78 Å². The van der Waals surface area contributed by atoms with Gasteiger partial charge >= 0.3 is 6.18 Å². The highest BCUT2D eigenvalue weighted by atomic mass is 19.4. The molecule has 0 N–H and O–H groups in total. The molecule has 0 aromatic heterocycles. The highest BCUT2D eigenvalue weighted by Gasteiger charge is 2.38. The summed E-state index contributed by atoms with van der Waals surface area (Å²) in [6.07, 6.45) is -4.37. The van der Waals surface area contributed by atoms with Gasteiger partial charge in [-0.1, -0.05) is 42.5 Å². The van der Waals surface area contributed by atoms with Gasteiger partial charge in [0.05, 0.1) is 11.5 Å². The molecule has 1 aliphatic heterocycles. The molecule has 0 saturated carbocycles. The van der Waals surface area contributed by atoms with Crippen molar-refractivity contribution >= 4 is 17.6 Å². The summed E-state index contributed by atoms with van der Waals surface area (Å²) in [5, 5.41) is 0. The van der Waals surface area contributed by atoms with Crippen LogP contribution in [0.2, 0.25) is 0 Å². The fraction of sp³-hybridized carbons (Fsp3) is 0.348. The lowest BCUT2D eigenvalue weighted by atomic mass is 10.00. The number of nitrogens with zero attached hydrogens (tertiary/aromatic N) is 2. The van der Waals surface area contributed by atoms with E-state index in [4.69, 9.17) is 0 Å². The van der Waals surface area contributed by atoms with Gasteiger partial charge < -0.3 is 9.80 Å². The van der Waals surface area contributed by atoms with E-state index in [1.807, 2.05) is 0 Å². The first-order chi connectivity index (χ1) is 14.8. The van der Waals surface area contributed by atoms with Crippen molar-refractivity contribution in [1.29, 1.82) is 0 Å². The average Bonchev–Trinajstić information content (AvgIpc) is 2.97. The summed E-state index contributed by atoms with van der Waals surface area (Å²) in [6, 6.07) is 12.2. The van der Waals surface area contributed by atoms with Gasteiger partial charge in [0.25, 0.3) is 0 Å². The Balaban J connectivity index is 1.48. The number of carbonyl (C=O) groups is 3. The predicted octanol–water partition coefficient (Wildman–Crippen LogP) is 3.64. The van der Waals surface area contributed by atoms with Crippen LogP contribution in [0, 0.1) is 0 Å². The molecule has 5 nitrogen and oxygen atoms in total. The van der Waals surface area contributed by atoms with Crippen LogP contribution in [-0.2, 0) is 22.3 Å². The maximum absolute atomic E-state index is 13.3. The van der Waals surface area contributed by atoms with E-state index in [1.165, 1.54) is 23.1 Å². The van der Waals surface area contributed by atoms with Crippen molar-refractivity contribution < 1.29 is 27.6 Å². The molecule has 8 heteroatoms. The number of amides is 2. The molecule has 2 aliphatic rings. The van der Waals surface area contributed by atoms with Crippen LogP contribution in [0.4, 0.5) is 13.2 Å². The molecule has 1 aliphatic carbocycles. The first kappa shape index (κ1) is 21.1. The molecule has 162 valence electrons. The van der Waals surface area contributed by atoms with Gasteiger partial charge in [0, 0.05) is 44.6 Å². The van der Waals surface area contributed by atoms with Gasteiger partial charge in [0.1, 0.15) is 0 Å². The number of carbonyl (C=O) groups excluding carboxylic acids is 3. The Morgan fingerprint density at radius 1 is 0.968 bits per heavy atom.